The van der Waals surface area contributed by atoms with E-state index in [0.29, 0.717) is 17.0 Å². The Morgan fingerprint density at radius 3 is 2.70 bits per heavy atom. The number of amides is 1. The molecule has 1 amide bonds. The van der Waals surface area contributed by atoms with Crippen molar-refractivity contribution in [2.45, 2.75) is 6.92 Å². The number of carbonyl (C=O) groups excluding carboxylic acids is 1. The van der Waals surface area contributed by atoms with Gasteiger partial charge in [-0.15, -0.1) is 0 Å². The number of methoxy groups -OCH3 is 1. The molecular formula is C18H15BrN2O2. The molecule has 0 fully saturated rings. The summed E-state index contributed by atoms with van der Waals surface area (Å²) in [5.74, 6) is 0.201. The molecule has 116 valence electrons. The zero-order chi connectivity index (χ0) is 16.8. The Hall–Kier alpha value is -2.58. The van der Waals surface area contributed by atoms with Gasteiger partial charge < -0.3 is 10.1 Å². The molecule has 1 N–H and O–H groups in total. The molecule has 2 aromatic carbocycles. The Labute approximate surface area is 143 Å². The maximum Gasteiger partial charge on any atom is 0.266 e. The van der Waals surface area contributed by atoms with Crippen LogP contribution in [0.15, 0.2) is 52.5 Å². The van der Waals surface area contributed by atoms with Gasteiger partial charge in [-0.3, -0.25) is 4.79 Å². The van der Waals surface area contributed by atoms with E-state index < -0.39 is 5.91 Å². The lowest BCUT2D eigenvalue weighted by Gasteiger charge is -2.08. The quantitative estimate of drug-likeness (QED) is 0.644. The number of hydrogen-bond donors (Lipinski definition) is 1. The van der Waals surface area contributed by atoms with Crippen molar-refractivity contribution in [3.63, 3.8) is 0 Å². The average Bonchev–Trinajstić information content (AvgIpc) is 2.56. The van der Waals surface area contributed by atoms with Crippen LogP contribution in [0.1, 0.15) is 11.1 Å². The Balaban J connectivity index is 2.31. The lowest BCUT2D eigenvalue weighted by atomic mass is 10.1. The van der Waals surface area contributed by atoms with E-state index in [0.717, 1.165) is 10.0 Å². The predicted octanol–water partition coefficient (Wildman–Crippen LogP) is 4.31. The van der Waals surface area contributed by atoms with Crippen molar-refractivity contribution in [3.05, 3.63) is 63.6 Å². The topological polar surface area (TPSA) is 62.1 Å². The third kappa shape index (κ3) is 4.21. The van der Waals surface area contributed by atoms with Crippen molar-refractivity contribution < 1.29 is 9.53 Å². The zero-order valence-corrected chi connectivity index (χ0v) is 14.3. The van der Waals surface area contributed by atoms with E-state index in [9.17, 15) is 10.1 Å². The van der Waals surface area contributed by atoms with Gasteiger partial charge in [0.15, 0.2) is 0 Å². The molecule has 0 aromatic heterocycles. The highest BCUT2D eigenvalue weighted by molar-refractivity contribution is 9.10. The minimum absolute atomic E-state index is 0.0159. The molecule has 0 heterocycles. The van der Waals surface area contributed by atoms with Crippen molar-refractivity contribution in [1.82, 2.24) is 0 Å². The fourth-order valence-electron chi connectivity index (χ4n) is 1.97. The van der Waals surface area contributed by atoms with Gasteiger partial charge in [0.1, 0.15) is 17.4 Å². The molecule has 0 aliphatic rings. The highest BCUT2D eigenvalue weighted by atomic mass is 79.9. The first kappa shape index (κ1) is 16.8. The van der Waals surface area contributed by atoms with E-state index in [-0.39, 0.29) is 5.57 Å². The second-order valence-corrected chi connectivity index (χ2v) is 5.68. The molecule has 5 heteroatoms. The highest BCUT2D eigenvalue weighted by Gasteiger charge is 2.12. The number of aryl methyl sites for hydroxylation is 1. The summed E-state index contributed by atoms with van der Waals surface area (Å²) < 4.78 is 5.94. The van der Waals surface area contributed by atoms with E-state index >= 15 is 0 Å². The van der Waals surface area contributed by atoms with Crippen LogP contribution in [0.2, 0.25) is 0 Å². The number of nitrogens with zero attached hydrogens (tertiary/aromatic N) is 1. The number of para-hydroxylation sites is 1. The molecule has 23 heavy (non-hydrogen) atoms. The van der Waals surface area contributed by atoms with Crippen LogP contribution in [-0.4, -0.2) is 13.0 Å². The molecule has 0 bridgehead atoms. The van der Waals surface area contributed by atoms with Gasteiger partial charge in [-0.1, -0.05) is 34.1 Å². The van der Waals surface area contributed by atoms with E-state index in [4.69, 9.17) is 4.74 Å². The van der Waals surface area contributed by atoms with Crippen LogP contribution >= 0.6 is 15.9 Å². The maximum absolute atomic E-state index is 12.3. The summed E-state index contributed by atoms with van der Waals surface area (Å²) >= 11 is 3.40. The average molecular weight is 371 g/mol. The minimum atomic E-state index is -0.448. The summed E-state index contributed by atoms with van der Waals surface area (Å²) in [5, 5.41) is 12.1. The molecule has 0 radical (unpaired) electrons. The Morgan fingerprint density at radius 1 is 1.30 bits per heavy atom. The predicted molar refractivity (Wildman–Crippen MR) is 94.1 cm³/mol. The molecule has 0 saturated carbocycles. The summed E-state index contributed by atoms with van der Waals surface area (Å²) in [4.78, 5) is 12.3. The third-order valence-corrected chi connectivity index (χ3v) is 3.98. The van der Waals surface area contributed by atoms with E-state index in [1.807, 2.05) is 31.2 Å². The van der Waals surface area contributed by atoms with Gasteiger partial charge in [-0.25, -0.2) is 0 Å². The smallest absolute Gasteiger partial charge is 0.266 e. The Kier molecular flexibility index (Phi) is 5.56. The highest BCUT2D eigenvalue weighted by Crippen LogP contribution is 2.25. The first-order chi connectivity index (χ1) is 11.0. The molecule has 0 atom stereocenters. The summed E-state index contributed by atoms with van der Waals surface area (Å²) in [6, 6.07) is 14.7. The number of anilines is 1. The van der Waals surface area contributed by atoms with Gasteiger partial charge in [0.25, 0.3) is 5.91 Å². The van der Waals surface area contributed by atoms with E-state index in [1.165, 1.54) is 6.08 Å². The summed E-state index contributed by atoms with van der Waals surface area (Å²) in [5.41, 5.74) is 2.33. The van der Waals surface area contributed by atoms with Crippen LogP contribution in [0.3, 0.4) is 0 Å². The normalized spacial score (nSPS) is 10.8. The molecule has 2 rings (SSSR count). The monoisotopic (exact) mass is 370 g/mol. The second kappa shape index (κ2) is 7.61. The number of hydrogen-bond acceptors (Lipinski definition) is 3. The van der Waals surface area contributed by atoms with E-state index in [2.05, 4.69) is 21.2 Å². The molecule has 0 saturated heterocycles. The molecule has 0 unspecified atom stereocenters. The van der Waals surface area contributed by atoms with Gasteiger partial charge in [0, 0.05) is 10.2 Å². The fourth-order valence-corrected chi connectivity index (χ4v) is 2.33. The largest absolute Gasteiger partial charge is 0.497 e. The summed E-state index contributed by atoms with van der Waals surface area (Å²) in [6.07, 6.45) is 1.53. The van der Waals surface area contributed by atoms with Crippen LogP contribution in [-0.2, 0) is 4.79 Å². The molecule has 0 spiro atoms. The Bertz CT molecular complexity index is 807. The van der Waals surface area contributed by atoms with Crippen molar-refractivity contribution in [1.29, 1.82) is 5.26 Å². The molecule has 4 nitrogen and oxygen atoms in total. The van der Waals surface area contributed by atoms with Gasteiger partial charge >= 0.3 is 0 Å². The molecule has 2 aromatic rings. The van der Waals surface area contributed by atoms with Crippen molar-refractivity contribution in [3.8, 4) is 11.8 Å². The lowest BCUT2D eigenvalue weighted by molar-refractivity contribution is -0.112. The maximum atomic E-state index is 12.3. The molecule has 0 aliphatic carbocycles. The van der Waals surface area contributed by atoms with Gasteiger partial charge in [0.05, 0.1) is 7.11 Å². The zero-order valence-electron chi connectivity index (χ0n) is 12.8. The van der Waals surface area contributed by atoms with Gasteiger partial charge in [0.2, 0.25) is 0 Å². The summed E-state index contributed by atoms with van der Waals surface area (Å²) in [7, 11) is 1.56. The number of benzene rings is 2. The van der Waals surface area contributed by atoms with Crippen molar-refractivity contribution in [2.24, 2.45) is 0 Å². The van der Waals surface area contributed by atoms with Crippen LogP contribution < -0.4 is 10.1 Å². The number of ether oxygens (including phenoxy) is 1. The summed E-state index contributed by atoms with van der Waals surface area (Å²) in [6.45, 7) is 1.89. The van der Waals surface area contributed by atoms with Gasteiger partial charge in [-0.05, 0) is 48.4 Å². The minimum Gasteiger partial charge on any atom is -0.497 e. The van der Waals surface area contributed by atoms with Gasteiger partial charge in [-0.2, -0.15) is 5.26 Å². The second-order valence-electron chi connectivity index (χ2n) is 4.83. The number of carbonyl (C=O) groups is 1. The lowest BCUT2D eigenvalue weighted by Crippen LogP contribution is -2.14. The van der Waals surface area contributed by atoms with Crippen LogP contribution in [0.5, 0.6) is 5.75 Å². The van der Waals surface area contributed by atoms with E-state index in [1.54, 1.807) is 31.4 Å². The number of nitrogens with one attached hydrogen (secondary N) is 1. The fraction of sp³-hybridized carbons (Fsp3) is 0.111. The van der Waals surface area contributed by atoms with Crippen LogP contribution in [0, 0.1) is 18.3 Å². The first-order valence-electron chi connectivity index (χ1n) is 6.87. The standard InChI is InChI=1S/C18H15BrN2O2/c1-12-5-3-4-6-17(12)21-18(22)14(11-20)9-13-10-15(23-2)7-8-16(13)19/h3-10H,1-2H3,(H,21,22)/b14-9+. The molecule has 0 aliphatic heterocycles. The SMILES string of the molecule is COc1ccc(Br)c(/C=C(\C#N)C(=O)Nc2ccccc2C)c1. The number of rotatable bonds is 4. The molecular weight excluding hydrogens is 356 g/mol. The Morgan fingerprint density at radius 2 is 2.04 bits per heavy atom. The number of halogens is 1. The van der Waals surface area contributed by atoms with Crippen LogP contribution in [0.4, 0.5) is 5.69 Å². The third-order valence-electron chi connectivity index (χ3n) is 3.26. The van der Waals surface area contributed by atoms with Crippen molar-refractivity contribution >= 4 is 33.6 Å². The van der Waals surface area contributed by atoms with Crippen LogP contribution in [0.25, 0.3) is 6.08 Å². The van der Waals surface area contributed by atoms with Crippen molar-refractivity contribution in [2.75, 3.05) is 12.4 Å². The first-order valence-corrected chi connectivity index (χ1v) is 7.66. The number of nitriles is 1.